The third kappa shape index (κ3) is 3.52. The number of aryl methyl sites for hydroxylation is 3. The van der Waals surface area contributed by atoms with E-state index in [0.717, 1.165) is 40.5 Å². The predicted octanol–water partition coefficient (Wildman–Crippen LogP) is 5.11. The maximum atomic E-state index is 12.5. The highest BCUT2D eigenvalue weighted by Crippen LogP contribution is 2.33. The molecular formula is C21H22N4OS2. The van der Waals surface area contributed by atoms with Crippen molar-refractivity contribution < 1.29 is 4.79 Å². The summed E-state index contributed by atoms with van der Waals surface area (Å²) in [5.41, 5.74) is 4.22. The molecule has 0 saturated carbocycles. The van der Waals surface area contributed by atoms with Crippen LogP contribution < -0.4 is 5.32 Å². The third-order valence-electron chi connectivity index (χ3n) is 4.68. The van der Waals surface area contributed by atoms with Gasteiger partial charge in [0, 0.05) is 17.0 Å². The first-order valence-electron chi connectivity index (χ1n) is 9.38. The summed E-state index contributed by atoms with van der Waals surface area (Å²) in [4.78, 5) is 13.8. The molecule has 1 amide bonds. The number of hydrogen-bond donors (Lipinski definition) is 1. The van der Waals surface area contributed by atoms with Gasteiger partial charge in [0.25, 0.3) is 0 Å². The molecule has 1 N–H and O–H groups in total. The van der Waals surface area contributed by atoms with E-state index in [1.165, 1.54) is 26.9 Å². The topological polar surface area (TPSA) is 59.3 Å². The van der Waals surface area contributed by atoms with Gasteiger partial charge in [-0.1, -0.05) is 43.8 Å². The number of nitrogens with zero attached hydrogens (tertiary/aromatic N) is 3. The average molecular weight is 411 g/mol. The fourth-order valence-electron chi connectivity index (χ4n) is 3.35. The molecular weight excluding hydrogens is 388 g/mol. The Kier molecular flexibility index (Phi) is 5.37. The van der Waals surface area contributed by atoms with Crippen molar-refractivity contribution in [1.82, 2.24) is 14.6 Å². The lowest BCUT2D eigenvalue weighted by molar-refractivity contribution is -0.113. The van der Waals surface area contributed by atoms with Crippen molar-refractivity contribution in [3.8, 4) is 0 Å². The molecule has 28 heavy (non-hydrogen) atoms. The summed E-state index contributed by atoms with van der Waals surface area (Å²) < 4.78 is 3.41. The van der Waals surface area contributed by atoms with E-state index in [1.54, 1.807) is 11.3 Å². The Morgan fingerprint density at radius 3 is 2.75 bits per heavy atom. The highest BCUT2D eigenvalue weighted by Gasteiger charge is 2.16. The Labute approximate surface area is 172 Å². The van der Waals surface area contributed by atoms with Crippen LogP contribution in [0.15, 0.2) is 41.4 Å². The minimum absolute atomic E-state index is 0.0327. The number of aromatic nitrogens is 3. The minimum Gasteiger partial charge on any atom is -0.325 e. The monoisotopic (exact) mass is 410 g/mol. The van der Waals surface area contributed by atoms with E-state index < -0.39 is 0 Å². The average Bonchev–Trinajstić information content (AvgIpc) is 3.23. The van der Waals surface area contributed by atoms with Crippen molar-refractivity contribution in [2.24, 2.45) is 0 Å². The number of rotatable bonds is 6. The second-order valence-corrected chi connectivity index (χ2v) is 8.85. The summed E-state index contributed by atoms with van der Waals surface area (Å²) in [7, 11) is 0. The summed E-state index contributed by atoms with van der Waals surface area (Å²) >= 11 is 3.20. The number of anilines is 1. The molecule has 0 aliphatic carbocycles. The maximum Gasteiger partial charge on any atom is 0.234 e. The van der Waals surface area contributed by atoms with E-state index in [9.17, 15) is 4.79 Å². The van der Waals surface area contributed by atoms with Gasteiger partial charge in [-0.2, -0.15) is 0 Å². The van der Waals surface area contributed by atoms with Crippen LogP contribution in [0.5, 0.6) is 0 Å². The number of hydrogen-bond acceptors (Lipinski definition) is 5. The molecule has 0 aliphatic heterocycles. The summed E-state index contributed by atoms with van der Waals surface area (Å²) in [5, 5.41) is 12.6. The van der Waals surface area contributed by atoms with Gasteiger partial charge in [0.2, 0.25) is 5.91 Å². The molecule has 0 unspecified atom stereocenters. The maximum absolute atomic E-state index is 12.5. The van der Waals surface area contributed by atoms with Crippen molar-refractivity contribution in [2.75, 3.05) is 11.1 Å². The lowest BCUT2D eigenvalue weighted by Crippen LogP contribution is -2.15. The van der Waals surface area contributed by atoms with Crippen molar-refractivity contribution in [3.63, 3.8) is 0 Å². The highest BCUT2D eigenvalue weighted by molar-refractivity contribution is 8.00. The van der Waals surface area contributed by atoms with Crippen molar-refractivity contribution in [2.45, 2.75) is 38.6 Å². The van der Waals surface area contributed by atoms with Crippen LogP contribution >= 0.6 is 23.1 Å². The van der Waals surface area contributed by atoms with Gasteiger partial charge in [0.05, 0.1) is 21.5 Å². The zero-order chi connectivity index (χ0) is 19.7. The van der Waals surface area contributed by atoms with E-state index in [1.807, 2.05) is 24.3 Å². The molecule has 0 spiro atoms. The van der Waals surface area contributed by atoms with Gasteiger partial charge in [-0.05, 0) is 37.1 Å². The van der Waals surface area contributed by atoms with Crippen LogP contribution in [-0.2, 0) is 17.6 Å². The van der Waals surface area contributed by atoms with Crippen LogP contribution in [0.1, 0.15) is 30.1 Å². The van der Waals surface area contributed by atoms with Crippen LogP contribution in [0.3, 0.4) is 0 Å². The number of carbonyl (C=O) groups is 1. The zero-order valence-corrected chi connectivity index (χ0v) is 17.8. The molecule has 0 fully saturated rings. The van der Waals surface area contributed by atoms with Crippen molar-refractivity contribution >= 4 is 50.4 Å². The quantitative estimate of drug-likeness (QED) is 0.449. The SMILES string of the molecule is CCc1ccccc1NC(=O)CSc1nnc(CC)n2c1cc1sc(C)cc12. The first kappa shape index (κ1) is 19.0. The Bertz CT molecular complexity index is 1160. The van der Waals surface area contributed by atoms with Gasteiger partial charge in [0.15, 0.2) is 0 Å². The molecule has 3 aromatic heterocycles. The van der Waals surface area contributed by atoms with Gasteiger partial charge < -0.3 is 5.32 Å². The highest BCUT2D eigenvalue weighted by atomic mass is 32.2. The molecule has 144 valence electrons. The Hall–Kier alpha value is -2.38. The predicted molar refractivity (Wildman–Crippen MR) is 118 cm³/mol. The third-order valence-corrected chi connectivity index (χ3v) is 6.63. The summed E-state index contributed by atoms with van der Waals surface area (Å²) in [6.07, 6.45) is 1.69. The molecule has 5 nitrogen and oxygen atoms in total. The van der Waals surface area contributed by atoms with E-state index in [4.69, 9.17) is 0 Å². The summed E-state index contributed by atoms with van der Waals surface area (Å²) in [6, 6.07) is 12.3. The van der Waals surface area contributed by atoms with Gasteiger partial charge in [-0.15, -0.1) is 21.5 Å². The molecule has 0 saturated heterocycles. The fourth-order valence-corrected chi connectivity index (χ4v) is 5.03. The molecule has 7 heteroatoms. The van der Waals surface area contributed by atoms with E-state index in [-0.39, 0.29) is 5.91 Å². The number of fused-ring (bicyclic) bond motifs is 3. The number of thiophene rings is 1. The molecule has 1 aromatic carbocycles. The van der Waals surface area contributed by atoms with E-state index >= 15 is 0 Å². The van der Waals surface area contributed by atoms with E-state index in [2.05, 4.69) is 52.8 Å². The molecule has 4 rings (SSSR count). The van der Waals surface area contributed by atoms with Gasteiger partial charge >= 0.3 is 0 Å². The molecule has 4 aromatic rings. The van der Waals surface area contributed by atoms with Gasteiger partial charge in [0.1, 0.15) is 10.9 Å². The van der Waals surface area contributed by atoms with Crippen LogP contribution in [0.2, 0.25) is 0 Å². The molecule has 0 aliphatic rings. The Balaban J connectivity index is 1.58. The smallest absolute Gasteiger partial charge is 0.234 e. The zero-order valence-electron chi connectivity index (χ0n) is 16.2. The molecule has 3 heterocycles. The van der Waals surface area contributed by atoms with Gasteiger partial charge in [-0.25, -0.2) is 0 Å². The Morgan fingerprint density at radius 2 is 1.96 bits per heavy atom. The van der Waals surface area contributed by atoms with Crippen LogP contribution in [0, 0.1) is 6.92 Å². The lowest BCUT2D eigenvalue weighted by atomic mass is 10.1. The largest absolute Gasteiger partial charge is 0.325 e. The standard InChI is InChI=1S/C21H22N4OS2/c1-4-14-8-6-7-9-15(14)22-20(26)12-27-21-17-11-18-16(10-13(3)28-18)25(17)19(5-2)23-24-21/h6-11H,4-5,12H2,1-3H3,(H,22,26). The van der Waals surface area contributed by atoms with Gasteiger partial charge in [-0.3, -0.25) is 9.20 Å². The van der Waals surface area contributed by atoms with Crippen molar-refractivity contribution in [1.29, 1.82) is 0 Å². The summed E-state index contributed by atoms with van der Waals surface area (Å²) in [5.74, 6) is 1.20. The first-order chi connectivity index (χ1) is 13.6. The van der Waals surface area contributed by atoms with E-state index in [0.29, 0.717) is 5.75 Å². The number of carbonyl (C=O) groups excluding carboxylic acids is 1. The van der Waals surface area contributed by atoms with Crippen LogP contribution in [0.25, 0.3) is 15.7 Å². The molecule has 0 bridgehead atoms. The fraction of sp³-hybridized carbons (Fsp3) is 0.286. The lowest BCUT2D eigenvalue weighted by Gasteiger charge is -2.10. The number of para-hydroxylation sites is 1. The first-order valence-corrected chi connectivity index (χ1v) is 11.2. The van der Waals surface area contributed by atoms with Crippen LogP contribution in [-0.4, -0.2) is 26.3 Å². The number of nitrogens with one attached hydrogen (secondary N) is 1. The second-order valence-electron chi connectivity index (χ2n) is 6.59. The molecule has 0 radical (unpaired) electrons. The number of amides is 1. The number of benzene rings is 1. The Morgan fingerprint density at radius 1 is 1.14 bits per heavy atom. The molecule has 0 atom stereocenters. The normalized spacial score (nSPS) is 11.4. The van der Waals surface area contributed by atoms with Crippen LogP contribution in [0.4, 0.5) is 5.69 Å². The minimum atomic E-state index is -0.0327. The second kappa shape index (κ2) is 7.93. The van der Waals surface area contributed by atoms with Crippen molar-refractivity contribution in [3.05, 3.63) is 52.7 Å². The number of thioether (sulfide) groups is 1. The summed E-state index contributed by atoms with van der Waals surface area (Å²) in [6.45, 7) is 6.28.